The summed E-state index contributed by atoms with van der Waals surface area (Å²) in [7, 11) is 1.63. The monoisotopic (exact) mass is 308 g/mol. The second-order valence-electron chi connectivity index (χ2n) is 5.76. The van der Waals surface area contributed by atoms with E-state index in [4.69, 9.17) is 13.9 Å². The standard InChI is InChI=1S/C19H16O4/c1-21-14-6-4-12-5-7-15(10-13(12)9-14)23-19(20)17-11-16(17)18-3-2-8-22-18/h2-10,16-17H,11H2,1H3/t16-,17+/m0/s1. The molecule has 0 bridgehead atoms. The average Bonchev–Trinajstić information content (AvgIpc) is 3.20. The summed E-state index contributed by atoms with van der Waals surface area (Å²) in [6.07, 6.45) is 2.42. The average molecular weight is 308 g/mol. The van der Waals surface area contributed by atoms with Gasteiger partial charge in [0.25, 0.3) is 0 Å². The molecule has 0 aliphatic heterocycles. The van der Waals surface area contributed by atoms with Crippen LogP contribution in [-0.2, 0) is 4.79 Å². The van der Waals surface area contributed by atoms with Crippen LogP contribution >= 0.6 is 0 Å². The number of esters is 1. The van der Waals surface area contributed by atoms with E-state index in [1.807, 2.05) is 48.5 Å². The van der Waals surface area contributed by atoms with E-state index in [1.54, 1.807) is 13.4 Å². The predicted octanol–water partition coefficient (Wildman–Crippen LogP) is 4.15. The predicted molar refractivity (Wildman–Crippen MR) is 85.7 cm³/mol. The van der Waals surface area contributed by atoms with Gasteiger partial charge in [0.15, 0.2) is 0 Å². The smallest absolute Gasteiger partial charge is 0.315 e. The van der Waals surface area contributed by atoms with Crippen LogP contribution in [-0.4, -0.2) is 13.1 Å². The Hall–Kier alpha value is -2.75. The fraction of sp³-hybridized carbons (Fsp3) is 0.211. The lowest BCUT2D eigenvalue weighted by molar-refractivity contribution is -0.135. The van der Waals surface area contributed by atoms with E-state index in [1.165, 1.54) is 0 Å². The Morgan fingerprint density at radius 2 is 1.87 bits per heavy atom. The normalized spacial score (nSPS) is 19.5. The third-order valence-corrected chi connectivity index (χ3v) is 4.24. The van der Waals surface area contributed by atoms with Crippen LogP contribution in [0.2, 0.25) is 0 Å². The van der Waals surface area contributed by atoms with Gasteiger partial charge in [-0.1, -0.05) is 12.1 Å². The lowest BCUT2D eigenvalue weighted by Crippen LogP contribution is -2.11. The molecule has 2 atom stereocenters. The Balaban J connectivity index is 1.50. The number of ether oxygens (including phenoxy) is 2. The summed E-state index contributed by atoms with van der Waals surface area (Å²) in [6.45, 7) is 0. The first-order valence-electron chi connectivity index (χ1n) is 7.57. The molecule has 4 nitrogen and oxygen atoms in total. The van der Waals surface area contributed by atoms with Gasteiger partial charge in [0.05, 0.1) is 19.3 Å². The van der Waals surface area contributed by atoms with Crippen LogP contribution in [0.4, 0.5) is 0 Å². The Kier molecular flexibility index (Phi) is 3.30. The zero-order valence-corrected chi connectivity index (χ0v) is 12.7. The van der Waals surface area contributed by atoms with Gasteiger partial charge in [-0.05, 0) is 53.6 Å². The van der Waals surface area contributed by atoms with Gasteiger partial charge in [0.2, 0.25) is 0 Å². The number of carbonyl (C=O) groups is 1. The van der Waals surface area contributed by atoms with Crippen LogP contribution in [0.5, 0.6) is 11.5 Å². The van der Waals surface area contributed by atoms with E-state index in [-0.39, 0.29) is 17.8 Å². The fourth-order valence-corrected chi connectivity index (χ4v) is 2.86. The summed E-state index contributed by atoms with van der Waals surface area (Å²) in [6, 6.07) is 15.2. The Labute approximate surface area is 133 Å². The van der Waals surface area contributed by atoms with Crippen molar-refractivity contribution in [1.29, 1.82) is 0 Å². The van der Waals surface area contributed by atoms with Crippen molar-refractivity contribution in [2.75, 3.05) is 7.11 Å². The van der Waals surface area contributed by atoms with Crippen molar-refractivity contribution in [2.24, 2.45) is 5.92 Å². The van der Waals surface area contributed by atoms with Crippen molar-refractivity contribution >= 4 is 16.7 Å². The molecule has 23 heavy (non-hydrogen) atoms. The molecule has 1 aliphatic carbocycles. The second kappa shape index (κ2) is 5.47. The molecule has 1 fully saturated rings. The molecule has 1 aromatic heterocycles. The molecular weight excluding hydrogens is 292 g/mol. The molecular formula is C19H16O4. The summed E-state index contributed by atoms with van der Waals surface area (Å²) in [4.78, 5) is 12.3. The first kappa shape index (κ1) is 13.9. The van der Waals surface area contributed by atoms with Gasteiger partial charge < -0.3 is 13.9 Å². The Morgan fingerprint density at radius 1 is 1.09 bits per heavy atom. The highest BCUT2D eigenvalue weighted by atomic mass is 16.5. The van der Waals surface area contributed by atoms with Crippen LogP contribution < -0.4 is 9.47 Å². The van der Waals surface area contributed by atoms with Crippen LogP contribution in [0.25, 0.3) is 10.8 Å². The maximum absolute atomic E-state index is 12.3. The Bertz CT molecular complexity index is 851. The zero-order valence-electron chi connectivity index (χ0n) is 12.7. The summed E-state index contributed by atoms with van der Waals surface area (Å²) in [5, 5.41) is 2.05. The van der Waals surface area contributed by atoms with Crippen molar-refractivity contribution in [3.8, 4) is 11.5 Å². The molecule has 116 valence electrons. The van der Waals surface area contributed by atoms with Crippen molar-refractivity contribution in [2.45, 2.75) is 12.3 Å². The molecule has 1 aliphatic rings. The summed E-state index contributed by atoms with van der Waals surface area (Å²) >= 11 is 0. The maximum Gasteiger partial charge on any atom is 0.315 e. The van der Waals surface area contributed by atoms with Gasteiger partial charge in [-0.25, -0.2) is 0 Å². The number of methoxy groups -OCH3 is 1. The largest absolute Gasteiger partial charge is 0.497 e. The summed E-state index contributed by atoms with van der Waals surface area (Å²) < 4.78 is 16.1. The number of rotatable bonds is 4. The van der Waals surface area contributed by atoms with Gasteiger partial charge in [-0.3, -0.25) is 4.79 Å². The van der Waals surface area contributed by atoms with Gasteiger partial charge >= 0.3 is 5.97 Å². The minimum absolute atomic E-state index is 0.109. The maximum atomic E-state index is 12.3. The van der Waals surface area contributed by atoms with Crippen LogP contribution in [0.3, 0.4) is 0 Å². The van der Waals surface area contributed by atoms with Crippen LogP contribution in [0.1, 0.15) is 18.1 Å². The summed E-state index contributed by atoms with van der Waals surface area (Å²) in [5.74, 6) is 2.03. The molecule has 1 saturated carbocycles. The molecule has 0 N–H and O–H groups in total. The lowest BCUT2D eigenvalue weighted by Gasteiger charge is -2.07. The lowest BCUT2D eigenvalue weighted by atomic mass is 10.1. The van der Waals surface area contributed by atoms with Crippen molar-refractivity contribution in [3.05, 3.63) is 60.6 Å². The van der Waals surface area contributed by atoms with E-state index >= 15 is 0 Å². The first-order chi connectivity index (χ1) is 11.2. The molecule has 0 spiro atoms. The second-order valence-corrected chi connectivity index (χ2v) is 5.76. The molecule has 1 heterocycles. The van der Waals surface area contributed by atoms with Gasteiger partial charge in [0, 0.05) is 5.92 Å². The number of fused-ring (bicyclic) bond motifs is 1. The van der Waals surface area contributed by atoms with Crippen LogP contribution in [0.15, 0.2) is 59.2 Å². The SMILES string of the molecule is COc1ccc2ccc(OC(=O)[C@@H]3C[C@@H]3c3ccco3)cc2c1. The molecule has 3 aromatic rings. The molecule has 2 aromatic carbocycles. The highest BCUT2D eigenvalue weighted by Crippen LogP contribution is 2.48. The van der Waals surface area contributed by atoms with E-state index < -0.39 is 0 Å². The van der Waals surface area contributed by atoms with Crippen molar-refractivity contribution < 1.29 is 18.7 Å². The summed E-state index contributed by atoms with van der Waals surface area (Å²) in [5.41, 5.74) is 0. The number of carbonyl (C=O) groups excluding carboxylic acids is 1. The molecule has 4 heteroatoms. The molecule has 4 rings (SSSR count). The highest BCUT2D eigenvalue weighted by molar-refractivity contribution is 5.86. The fourth-order valence-electron chi connectivity index (χ4n) is 2.86. The third kappa shape index (κ3) is 2.68. The van der Waals surface area contributed by atoms with Gasteiger partial charge in [-0.15, -0.1) is 0 Å². The highest BCUT2D eigenvalue weighted by Gasteiger charge is 2.47. The molecule has 0 unspecified atom stereocenters. The first-order valence-corrected chi connectivity index (χ1v) is 7.57. The quantitative estimate of drug-likeness (QED) is 0.536. The van der Waals surface area contributed by atoms with E-state index in [2.05, 4.69) is 0 Å². The minimum Gasteiger partial charge on any atom is -0.497 e. The van der Waals surface area contributed by atoms with Gasteiger partial charge in [0.1, 0.15) is 17.3 Å². The zero-order chi connectivity index (χ0) is 15.8. The minimum atomic E-state index is -0.200. The number of furan rings is 1. The third-order valence-electron chi connectivity index (χ3n) is 4.24. The van der Waals surface area contributed by atoms with Gasteiger partial charge in [-0.2, -0.15) is 0 Å². The number of hydrogen-bond donors (Lipinski definition) is 0. The molecule has 0 amide bonds. The topological polar surface area (TPSA) is 48.7 Å². The van der Waals surface area contributed by atoms with Crippen molar-refractivity contribution in [3.63, 3.8) is 0 Å². The van der Waals surface area contributed by atoms with E-state index in [0.717, 1.165) is 28.7 Å². The van der Waals surface area contributed by atoms with Crippen LogP contribution in [0, 0.1) is 5.92 Å². The molecule has 0 radical (unpaired) electrons. The number of benzene rings is 2. The molecule has 0 saturated heterocycles. The Morgan fingerprint density at radius 3 is 2.61 bits per heavy atom. The number of hydrogen-bond acceptors (Lipinski definition) is 4. The van der Waals surface area contributed by atoms with E-state index in [9.17, 15) is 4.79 Å². The van der Waals surface area contributed by atoms with E-state index in [0.29, 0.717) is 5.75 Å². The van der Waals surface area contributed by atoms with Crippen molar-refractivity contribution in [1.82, 2.24) is 0 Å².